The number of amidine groups is 1. The second-order valence-corrected chi connectivity index (χ2v) is 9.56. The van der Waals surface area contributed by atoms with Crippen LogP contribution >= 0.6 is 0 Å². The minimum Gasteiger partial charge on any atom is -0.390 e. The molecule has 124 valence electrons. The number of aliphatic hydroxyl groups is 1. The Balaban J connectivity index is 1.42. The molecule has 23 heavy (non-hydrogen) atoms. The molecule has 7 aliphatic rings. The fourth-order valence-corrected chi connectivity index (χ4v) is 7.47. The van der Waals surface area contributed by atoms with Gasteiger partial charge in [-0.15, -0.1) is 0 Å². The molecule has 2 unspecified atom stereocenters. The molecule has 5 saturated carbocycles. The van der Waals surface area contributed by atoms with Gasteiger partial charge in [-0.2, -0.15) is 0 Å². The topological polar surface area (TPSA) is 78.9 Å². The van der Waals surface area contributed by atoms with Crippen LogP contribution in [0.15, 0.2) is 4.99 Å². The highest BCUT2D eigenvalue weighted by atomic mass is 16.3. The molecule has 2 aliphatic heterocycles. The standard InChI is InChI=1S/C18H25N3O2/c19-15-13-3-11-2-12(11)21(13)16(22)14(20-15)17-4-9-1-10(5-17)7-18(23,6-9)8-17/h9-14,23H,1-8H2,(H2,19,20)/t9?,10?,11-,12+,13+,14+,17?,18?/m0/s1. The Morgan fingerprint density at radius 3 is 2.57 bits per heavy atom. The van der Waals surface area contributed by atoms with Crippen molar-refractivity contribution in [3.63, 3.8) is 0 Å². The van der Waals surface area contributed by atoms with E-state index in [4.69, 9.17) is 10.7 Å². The summed E-state index contributed by atoms with van der Waals surface area (Å²) >= 11 is 0. The van der Waals surface area contributed by atoms with E-state index in [1.165, 1.54) is 6.42 Å². The van der Waals surface area contributed by atoms with Crippen LogP contribution in [0.25, 0.3) is 0 Å². The van der Waals surface area contributed by atoms with E-state index in [-0.39, 0.29) is 23.4 Å². The molecule has 6 fully saturated rings. The first-order valence-corrected chi connectivity index (χ1v) is 9.34. The SMILES string of the molecule is NC1=N[C@@H](C23CC4CC(CC(O)(C4)C2)C3)C(=O)N2[C@@H]1C[C@@H]1C[C@H]12. The third-order valence-electron chi connectivity index (χ3n) is 7.87. The third-order valence-corrected chi connectivity index (χ3v) is 7.87. The number of hydrogen-bond donors (Lipinski definition) is 2. The summed E-state index contributed by atoms with van der Waals surface area (Å²) in [6.45, 7) is 0. The first-order valence-electron chi connectivity index (χ1n) is 9.34. The Kier molecular flexibility index (Phi) is 2.16. The summed E-state index contributed by atoms with van der Waals surface area (Å²) in [5, 5.41) is 11.0. The van der Waals surface area contributed by atoms with Crippen molar-refractivity contribution in [2.24, 2.45) is 33.9 Å². The summed E-state index contributed by atoms with van der Waals surface area (Å²) in [6.07, 6.45) is 8.15. The van der Waals surface area contributed by atoms with Crippen LogP contribution in [0.2, 0.25) is 0 Å². The zero-order valence-electron chi connectivity index (χ0n) is 13.4. The van der Waals surface area contributed by atoms with Gasteiger partial charge < -0.3 is 15.7 Å². The van der Waals surface area contributed by atoms with Crippen LogP contribution in [-0.2, 0) is 4.79 Å². The van der Waals surface area contributed by atoms with E-state index in [0.29, 0.717) is 29.6 Å². The second kappa shape index (κ2) is 3.76. The van der Waals surface area contributed by atoms with Gasteiger partial charge in [-0.25, -0.2) is 0 Å². The Hall–Kier alpha value is -1.10. The largest absolute Gasteiger partial charge is 0.390 e. The van der Waals surface area contributed by atoms with Crippen LogP contribution in [0.1, 0.15) is 51.4 Å². The Morgan fingerprint density at radius 2 is 1.87 bits per heavy atom. The van der Waals surface area contributed by atoms with Crippen molar-refractivity contribution in [2.45, 2.75) is 75.1 Å². The van der Waals surface area contributed by atoms with Crippen molar-refractivity contribution in [2.75, 3.05) is 0 Å². The van der Waals surface area contributed by atoms with Gasteiger partial charge in [0, 0.05) is 11.5 Å². The number of amides is 1. The molecule has 2 heterocycles. The zero-order valence-corrected chi connectivity index (χ0v) is 13.4. The van der Waals surface area contributed by atoms with Crippen LogP contribution in [0.3, 0.4) is 0 Å². The highest BCUT2D eigenvalue weighted by Crippen LogP contribution is 2.64. The lowest BCUT2D eigenvalue weighted by Gasteiger charge is -2.62. The molecule has 0 spiro atoms. The molecule has 3 N–H and O–H groups in total. The highest BCUT2D eigenvalue weighted by molar-refractivity contribution is 5.99. The minimum atomic E-state index is -0.543. The summed E-state index contributed by atoms with van der Waals surface area (Å²) in [4.78, 5) is 20.1. The van der Waals surface area contributed by atoms with Gasteiger partial charge in [-0.3, -0.25) is 9.79 Å². The van der Waals surface area contributed by atoms with Crippen molar-refractivity contribution in [1.82, 2.24) is 4.90 Å². The minimum absolute atomic E-state index is 0.0690. The predicted octanol–water partition coefficient (Wildman–Crippen LogP) is 1.05. The first-order chi connectivity index (χ1) is 11.0. The number of piperidine rings is 1. The lowest BCUT2D eigenvalue weighted by Crippen LogP contribution is -2.64. The van der Waals surface area contributed by atoms with E-state index >= 15 is 0 Å². The lowest BCUT2D eigenvalue weighted by atomic mass is 9.46. The zero-order chi connectivity index (χ0) is 15.6. The van der Waals surface area contributed by atoms with Crippen LogP contribution in [0.4, 0.5) is 0 Å². The van der Waals surface area contributed by atoms with E-state index in [2.05, 4.69) is 4.90 Å². The molecule has 0 radical (unpaired) electrons. The van der Waals surface area contributed by atoms with Crippen LogP contribution < -0.4 is 5.73 Å². The number of carbonyl (C=O) groups excluding carboxylic acids is 1. The average molecular weight is 315 g/mol. The number of carbonyl (C=O) groups is 1. The average Bonchev–Trinajstić information content (AvgIpc) is 3.10. The maximum Gasteiger partial charge on any atom is 0.248 e. The number of aliphatic imine (C=N–C) groups is 1. The number of hydrogen-bond acceptors (Lipinski definition) is 4. The van der Waals surface area contributed by atoms with Crippen molar-refractivity contribution < 1.29 is 9.90 Å². The molecule has 5 nitrogen and oxygen atoms in total. The lowest BCUT2D eigenvalue weighted by molar-refractivity contribution is -0.178. The smallest absolute Gasteiger partial charge is 0.248 e. The van der Waals surface area contributed by atoms with Gasteiger partial charge in [-0.05, 0) is 69.1 Å². The second-order valence-electron chi connectivity index (χ2n) is 9.56. The number of nitrogens with two attached hydrogens (primary N) is 1. The fourth-order valence-electron chi connectivity index (χ4n) is 7.47. The van der Waals surface area contributed by atoms with Crippen molar-refractivity contribution >= 4 is 11.7 Å². The highest BCUT2D eigenvalue weighted by Gasteiger charge is 2.65. The van der Waals surface area contributed by atoms with Crippen molar-refractivity contribution in [3.8, 4) is 0 Å². The predicted molar refractivity (Wildman–Crippen MR) is 84.6 cm³/mol. The summed E-state index contributed by atoms with van der Waals surface area (Å²) in [5.41, 5.74) is 5.63. The normalized spacial score (nSPS) is 58.9. The molecular formula is C18H25N3O2. The summed E-state index contributed by atoms with van der Waals surface area (Å²) in [7, 11) is 0. The molecule has 0 aromatic rings. The van der Waals surface area contributed by atoms with E-state index < -0.39 is 5.60 Å². The number of rotatable bonds is 1. The van der Waals surface area contributed by atoms with Crippen molar-refractivity contribution in [1.29, 1.82) is 0 Å². The molecular weight excluding hydrogens is 290 g/mol. The van der Waals surface area contributed by atoms with Gasteiger partial charge in [0.25, 0.3) is 0 Å². The number of nitrogens with zero attached hydrogens (tertiary/aromatic N) is 2. The van der Waals surface area contributed by atoms with Gasteiger partial charge >= 0.3 is 0 Å². The Labute approximate surface area is 136 Å². The van der Waals surface area contributed by atoms with E-state index in [9.17, 15) is 9.90 Å². The summed E-state index contributed by atoms with van der Waals surface area (Å²) in [6, 6.07) is 0.177. The molecule has 0 aromatic carbocycles. The van der Waals surface area contributed by atoms with Gasteiger partial charge in [0.1, 0.15) is 11.9 Å². The maximum atomic E-state index is 13.3. The van der Waals surface area contributed by atoms with Gasteiger partial charge in [0.05, 0.1) is 11.6 Å². The third kappa shape index (κ3) is 1.57. The fraction of sp³-hybridized carbons (Fsp3) is 0.889. The van der Waals surface area contributed by atoms with E-state index in [0.717, 1.165) is 44.9 Å². The molecule has 6 atom stereocenters. The van der Waals surface area contributed by atoms with E-state index in [1.807, 2.05) is 0 Å². The molecule has 7 rings (SSSR count). The first kappa shape index (κ1) is 13.2. The summed E-state index contributed by atoms with van der Waals surface area (Å²) in [5.74, 6) is 2.73. The molecule has 1 amide bonds. The number of fused-ring (bicyclic) bond motifs is 3. The molecule has 4 bridgehead atoms. The van der Waals surface area contributed by atoms with Gasteiger partial charge in [-0.1, -0.05) is 0 Å². The monoisotopic (exact) mass is 315 g/mol. The van der Waals surface area contributed by atoms with E-state index in [1.54, 1.807) is 0 Å². The summed E-state index contributed by atoms with van der Waals surface area (Å²) < 4.78 is 0. The molecule has 1 saturated heterocycles. The van der Waals surface area contributed by atoms with Crippen LogP contribution in [0.5, 0.6) is 0 Å². The molecule has 5 aliphatic carbocycles. The molecule has 0 aromatic heterocycles. The van der Waals surface area contributed by atoms with Crippen LogP contribution in [0, 0.1) is 23.2 Å². The Bertz CT molecular complexity index is 630. The maximum absolute atomic E-state index is 13.3. The van der Waals surface area contributed by atoms with Crippen LogP contribution in [-0.4, -0.2) is 45.5 Å². The van der Waals surface area contributed by atoms with Gasteiger partial charge in [0.2, 0.25) is 5.91 Å². The quantitative estimate of drug-likeness (QED) is 0.759. The van der Waals surface area contributed by atoms with Gasteiger partial charge in [0.15, 0.2) is 0 Å². The Morgan fingerprint density at radius 1 is 1.13 bits per heavy atom. The van der Waals surface area contributed by atoms with Crippen molar-refractivity contribution in [3.05, 3.63) is 0 Å². The molecule has 5 heteroatoms.